The van der Waals surface area contributed by atoms with E-state index in [0.29, 0.717) is 0 Å². The molecular formula is C11H9F3N4OS. The molecule has 2 aromatic rings. The number of rotatable bonds is 2. The molecule has 0 fully saturated rings. The van der Waals surface area contributed by atoms with Crippen molar-refractivity contribution in [3.05, 3.63) is 40.2 Å². The van der Waals surface area contributed by atoms with Gasteiger partial charge in [-0.3, -0.25) is 4.79 Å². The Morgan fingerprint density at radius 3 is 2.50 bits per heavy atom. The number of hydrogen-bond donors (Lipinski definition) is 3. The zero-order valence-corrected chi connectivity index (χ0v) is 10.7. The first-order valence-corrected chi connectivity index (χ1v) is 6.09. The van der Waals surface area contributed by atoms with E-state index in [0.717, 1.165) is 30.0 Å². The predicted octanol–water partition coefficient (Wildman–Crippen LogP) is 2.10. The number of halogens is 3. The number of nitrogens with two attached hydrogens (primary N) is 2. The first kappa shape index (κ1) is 14.3. The van der Waals surface area contributed by atoms with Gasteiger partial charge in [-0.05, 0) is 18.2 Å². The third kappa shape index (κ3) is 3.23. The number of hydrogen-bond acceptors (Lipinski definition) is 5. The molecule has 0 unspecified atom stereocenters. The van der Waals surface area contributed by atoms with Gasteiger partial charge >= 0.3 is 6.18 Å². The lowest BCUT2D eigenvalue weighted by molar-refractivity contribution is -0.137. The molecule has 0 amide bonds. The average Bonchev–Trinajstić information content (AvgIpc) is 2.29. The minimum atomic E-state index is -4.54. The molecule has 0 aliphatic rings. The lowest BCUT2D eigenvalue weighted by Crippen LogP contribution is -2.10. The highest BCUT2D eigenvalue weighted by Crippen LogP contribution is 2.36. The van der Waals surface area contributed by atoms with E-state index >= 15 is 0 Å². The number of aromatic nitrogens is 2. The van der Waals surface area contributed by atoms with Crippen molar-refractivity contribution in [2.45, 2.75) is 16.2 Å². The summed E-state index contributed by atoms with van der Waals surface area (Å²) in [7, 11) is 0. The largest absolute Gasteiger partial charge is 0.418 e. The zero-order valence-electron chi connectivity index (χ0n) is 9.86. The fourth-order valence-electron chi connectivity index (χ4n) is 1.46. The van der Waals surface area contributed by atoms with Gasteiger partial charge in [-0.1, -0.05) is 11.8 Å². The molecular weight excluding hydrogens is 293 g/mol. The van der Waals surface area contributed by atoms with Crippen LogP contribution in [-0.4, -0.2) is 9.97 Å². The smallest absolute Gasteiger partial charge is 0.398 e. The highest BCUT2D eigenvalue weighted by molar-refractivity contribution is 7.99. The summed E-state index contributed by atoms with van der Waals surface area (Å²) in [6, 6.07) is 4.52. The lowest BCUT2D eigenvalue weighted by atomic mass is 10.2. The number of anilines is 2. The van der Waals surface area contributed by atoms with Gasteiger partial charge in [-0.25, -0.2) is 4.98 Å². The number of alkyl halides is 3. The van der Waals surface area contributed by atoms with Crippen LogP contribution in [0, 0.1) is 0 Å². The highest BCUT2D eigenvalue weighted by Gasteiger charge is 2.33. The van der Waals surface area contributed by atoms with Crippen molar-refractivity contribution in [2.24, 2.45) is 0 Å². The minimum absolute atomic E-state index is 0.0114. The summed E-state index contributed by atoms with van der Waals surface area (Å²) in [5.41, 5.74) is 8.91. The van der Waals surface area contributed by atoms with Gasteiger partial charge in [-0.15, -0.1) is 0 Å². The van der Waals surface area contributed by atoms with Gasteiger partial charge in [0.15, 0.2) is 5.16 Å². The average molecular weight is 302 g/mol. The molecule has 0 radical (unpaired) electrons. The molecule has 1 heterocycles. The van der Waals surface area contributed by atoms with E-state index in [1.54, 1.807) is 0 Å². The van der Waals surface area contributed by atoms with Crippen molar-refractivity contribution in [2.75, 3.05) is 11.5 Å². The second-order valence-corrected chi connectivity index (χ2v) is 4.89. The standard InChI is InChI=1S/C11H9F3N4OS/c12-11(13,14)6-3-5(1-2-7(6)15)20-10-17-8(16)4-9(19)18-10/h1-4H,15H2,(H3,16,17,18,19). The van der Waals surface area contributed by atoms with Crippen molar-refractivity contribution < 1.29 is 13.2 Å². The van der Waals surface area contributed by atoms with Gasteiger partial charge in [0.1, 0.15) is 5.82 Å². The molecule has 2 rings (SSSR count). The van der Waals surface area contributed by atoms with Crippen LogP contribution >= 0.6 is 11.8 Å². The number of nitrogens with zero attached hydrogens (tertiary/aromatic N) is 1. The molecule has 1 aromatic heterocycles. The van der Waals surface area contributed by atoms with Crippen LogP contribution < -0.4 is 17.0 Å². The van der Waals surface area contributed by atoms with Crippen LogP contribution in [0.15, 0.2) is 39.1 Å². The first-order chi connectivity index (χ1) is 9.25. The molecule has 0 spiro atoms. The van der Waals surface area contributed by atoms with Crippen molar-refractivity contribution in [3.63, 3.8) is 0 Å². The maximum Gasteiger partial charge on any atom is 0.418 e. The van der Waals surface area contributed by atoms with E-state index in [9.17, 15) is 18.0 Å². The molecule has 5 nitrogen and oxygen atoms in total. The summed E-state index contributed by atoms with van der Waals surface area (Å²) in [5.74, 6) is -0.0114. The number of aromatic amines is 1. The Labute approximate surface area is 115 Å². The molecule has 0 aliphatic heterocycles. The fraction of sp³-hybridized carbons (Fsp3) is 0.0909. The van der Waals surface area contributed by atoms with E-state index in [4.69, 9.17) is 11.5 Å². The summed E-state index contributed by atoms with van der Waals surface area (Å²) in [4.78, 5) is 17.6. The van der Waals surface area contributed by atoms with Gasteiger partial charge in [0, 0.05) is 16.6 Å². The molecule has 0 aliphatic carbocycles. The Kier molecular flexibility index (Phi) is 3.62. The minimum Gasteiger partial charge on any atom is -0.398 e. The van der Waals surface area contributed by atoms with Crippen LogP contribution in [0.4, 0.5) is 24.7 Å². The Bertz CT molecular complexity index is 699. The van der Waals surface area contributed by atoms with E-state index in [1.165, 1.54) is 6.07 Å². The van der Waals surface area contributed by atoms with Gasteiger partial charge in [-0.2, -0.15) is 13.2 Å². The van der Waals surface area contributed by atoms with Gasteiger partial charge in [0.2, 0.25) is 0 Å². The van der Waals surface area contributed by atoms with E-state index in [1.807, 2.05) is 0 Å². The molecule has 1 aromatic carbocycles. The molecule has 0 bridgehead atoms. The topological polar surface area (TPSA) is 97.8 Å². The summed E-state index contributed by atoms with van der Waals surface area (Å²) in [6.07, 6.45) is -4.54. The summed E-state index contributed by atoms with van der Waals surface area (Å²) in [5, 5.41) is 0.105. The van der Waals surface area contributed by atoms with Crippen LogP contribution in [0.1, 0.15) is 5.56 Å². The molecule has 20 heavy (non-hydrogen) atoms. The Balaban J connectivity index is 2.37. The first-order valence-electron chi connectivity index (χ1n) is 5.27. The number of nitrogen functional groups attached to an aromatic ring is 2. The van der Waals surface area contributed by atoms with Crippen molar-refractivity contribution in [1.82, 2.24) is 9.97 Å². The van der Waals surface area contributed by atoms with Crippen molar-refractivity contribution in [3.8, 4) is 0 Å². The molecule has 0 atom stereocenters. The number of benzene rings is 1. The molecule has 106 valence electrons. The van der Waals surface area contributed by atoms with Gasteiger partial charge in [0.05, 0.1) is 5.56 Å². The Hall–Kier alpha value is -2.16. The summed E-state index contributed by atoms with van der Waals surface area (Å²) in [6.45, 7) is 0. The monoisotopic (exact) mass is 302 g/mol. The van der Waals surface area contributed by atoms with E-state index in [2.05, 4.69) is 9.97 Å². The van der Waals surface area contributed by atoms with Crippen LogP contribution in [0.25, 0.3) is 0 Å². The number of H-pyrrole nitrogens is 1. The molecule has 5 N–H and O–H groups in total. The van der Waals surface area contributed by atoms with Gasteiger partial charge in [0.25, 0.3) is 5.56 Å². The summed E-state index contributed by atoms with van der Waals surface area (Å²) >= 11 is 0.853. The van der Waals surface area contributed by atoms with E-state index in [-0.39, 0.29) is 21.6 Å². The molecule has 0 saturated carbocycles. The summed E-state index contributed by atoms with van der Waals surface area (Å²) < 4.78 is 38.1. The molecule has 0 saturated heterocycles. The van der Waals surface area contributed by atoms with Gasteiger partial charge < -0.3 is 16.5 Å². The van der Waals surface area contributed by atoms with Crippen LogP contribution in [0.3, 0.4) is 0 Å². The van der Waals surface area contributed by atoms with Crippen molar-refractivity contribution in [1.29, 1.82) is 0 Å². The Morgan fingerprint density at radius 1 is 1.20 bits per heavy atom. The van der Waals surface area contributed by atoms with Crippen LogP contribution in [0.5, 0.6) is 0 Å². The Morgan fingerprint density at radius 2 is 1.90 bits per heavy atom. The normalized spacial score (nSPS) is 11.6. The highest BCUT2D eigenvalue weighted by atomic mass is 32.2. The van der Waals surface area contributed by atoms with Crippen LogP contribution in [0.2, 0.25) is 0 Å². The fourth-order valence-corrected chi connectivity index (χ4v) is 2.30. The number of nitrogens with one attached hydrogen (secondary N) is 1. The zero-order chi connectivity index (χ0) is 14.9. The SMILES string of the molecule is Nc1cc(=O)[nH]c(Sc2ccc(N)c(C(F)(F)F)c2)n1. The maximum atomic E-state index is 12.7. The third-order valence-electron chi connectivity index (χ3n) is 2.28. The second-order valence-electron chi connectivity index (χ2n) is 3.82. The van der Waals surface area contributed by atoms with E-state index < -0.39 is 17.3 Å². The maximum absolute atomic E-state index is 12.7. The van der Waals surface area contributed by atoms with Crippen molar-refractivity contribution >= 4 is 23.3 Å². The lowest BCUT2D eigenvalue weighted by Gasteiger charge is -2.11. The second kappa shape index (κ2) is 5.08. The predicted molar refractivity (Wildman–Crippen MR) is 69.2 cm³/mol. The quantitative estimate of drug-likeness (QED) is 0.583. The van der Waals surface area contributed by atoms with Crippen LogP contribution in [-0.2, 0) is 6.18 Å². The molecule has 9 heteroatoms. The third-order valence-corrected chi connectivity index (χ3v) is 3.16.